The Morgan fingerprint density at radius 2 is 1.42 bits per heavy atom. The highest BCUT2D eigenvalue weighted by Crippen LogP contribution is 2.64. The summed E-state index contributed by atoms with van der Waals surface area (Å²) >= 11 is 0. The molecule has 1 aliphatic carbocycles. The largest absolute Gasteiger partial charge is 0.198 e. The number of hydrogen-bond acceptors (Lipinski definition) is 1. The van der Waals surface area contributed by atoms with Gasteiger partial charge in [0.1, 0.15) is 0 Å². The SMILES string of the molecule is C[C@H]1[C@@H](CC#N)C1(c1ccccc1)c1ccccc1. The van der Waals surface area contributed by atoms with Crippen LogP contribution >= 0.6 is 0 Å². The molecular weight excluding hydrogens is 230 g/mol. The lowest BCUT2D eigenvalue weighted by atomic mass is 9.84. The molecule has 2 atom stereocenters. The van der Waals surface area contributed by atoms with Crippen LogP contribution in [0.5, 0.6) is 0 Å². The lowest BCUT2D eigenvalue weighted by Crippen LogP contribution is -2.13. The molecule has 0 bridgehead atoms. The van der Waals surface area contributed by atoms with Crippen molar-refractivity contribution in [2.24, 2.45) is 11.8 Å². The van der Waals surface area contributed by atoms with Crippen molar-refractivity contribution < 1.29 is 0 Å². The van der Waals surface area contributed by atoms with E-state index in [1.807, 2.05) is 0 Å². The van der Waals surface area contributed by atoms with Crippen LogP contribution < -0.4 is 0 Å². The van der Waals surface area contributed by atoms with Gasteiger partial charge in [-0.1, -0.05) is 67.6 Å². The average molecular weight is 247 g/mol. The molecule has 2 aromatic carbocycles. The zero-order valence-corrected chi connectivity index (χ0v) is 11.1. The van der Waals surface area contributed by atoms with Crippen molar-refractivity contribution in [2.45, 2.75) is 18.8 Å². The fraction of sp³-hybridized carbons (Fsp3) is 0.278. The second-order valence-electron chi connectivity index (χ2n) is 5.36. The Morgan fingerprint density at radius 3 is 1.84 bits per heavy atom. The third kappa shape index (κ3) is 1.68. The third-order valence-electron chi connectivity index (χ3n) is 4.61. The van der Waals surface area contributed by atoms with E-state index in [2.05, 4.69) is 73.7 Å². The van der Waals surface area contributed by atoms with E-state index in [1.165, 1.54) is 11.1 Å². The monoisotopic (exact) mass is 247 g/mol. The summed E-state index contributed by atoms with van der Waals surface area (Å²) in [5.41, 5.74) is 2.72. The highest BCUT2D eigenvalue weighted by atomic mass is 14.6. The van der Waals surface area contributed by atoms with Crippen molar-refractivity contribution in [1.82, 2.24) is 0 Å². The van der Waals surface area contributed by atoms with Crippen LogP contribution in [0.2, 0.25) is 0 Å². The van der Waals surface area contributed by atoms with Gasteiger partial charge in [0.05, 0.1) is 6.07 Å². The van der Waals surface area contributed by atoms with E-state index < -0.39 is 0 Å². The van der Waals surface area contributed by atoms with Crippen molar-refractivity contribution in [3.63, 3.8) is 0 Å². The van der Waals surface area contributed by atoms with Gasteiger partial charge in [0.25, 0.3) is 0 Å². The summed E-state index contributed by atoms with van der Waals surface area (Å²) in [4.78, 5) is 0. The first-order chi connectivity index (χ1) is 9.31. The Bertz CT molecular complexity index is 555. The van der Waals surface area contributed by atoms with Gasteiger partial charge in [0.2, 0.25) is 0 Å². The maximum absolute atomic E-state index is 9.07. The summed E-state index contributed by atoms with van der Waals surface area (Å²) in [5.74, 6) is 0.958. The summed E-state index contributed by atoms with van der Waals surface area (Å²) in [7, 11) is 0. The minimum Gasteiger partial charge on any atom is -0.198 e. The molecule has 0 saturated heterocycles. The smallest absolute Gasteiger partial charge is 0.0625 e. The van der Waals surface area contributed by atoms with E-state index in [4.69, 9.17) is 5.26 Å². The van der Waals surface area contributed by atoms with Gasteiger partial charge >= 0.3 is 0 Å². The molecule has 3 rings (SSSR count). The molecule has 1 aliphatic rings. The number of nitrogens with zero attached hydrogens (tertiary/aromatic N) is 1. The van der Waals surface area contributed by atoms with E-state index in [-0.39, 0.29) is 5.41 Å². The van der Waals surface area contributed by atoms with Gasteiger partial charge in [-0.05, 0) is 23.0 Å². The van der Waals surface area contributed by atoms with Crippen molar-refractivity contribution in [1.29, 1.82) is 5.26 Å². The molecule has 1 heteroatoms. The minimum absolute atomic E-state index is 0.0399. The molecule has 2 aromatic rings. The molecule has 0 amide bonds. The van der Waals surface area contributed by atoms with Crippen LogP contribution in [0.25, 0.3) is 0 Å². The van der Waals surface area contributed by atoms with Gasteiger partial charge in [0.15, 0.2) is 0 Å². The van der Waals surface area contributed by atoms with Gasteiger partial charge in [0, 0.05) is 11.8 Å². The van der Waals surface area contributed by atoms with Crippen LogP contribution in [0.15, 0.2) is 60.7 Å². The maximum Gasteiger partial charge on any atom is 0.0625 e. The summed E-state index contributed by atoms with van der Waals surface area (Å²) in [6.45, 7) is 2.27. The van der Waals surface area contributed by atoms with Crippen LogP contribution in [0.3, 0.4) is 0 Å². The molecule has 0 aliphatic heterocycles. The molecule has 94 valence electrons. The summed E-state index contributed by atoms with van der Waals surface area (Å²) in [6.07, 6.45) is 0.630. The zero-order valence-electron chi connectivity index (χ0n) is 11.1. The Hall–Kier alpha value is -2.07. The Labute approximate surface area is 114 Å². The van der Waals surface area contributed by atoms with Crippen molar-refractivity contribution >= 4 is 0 Å². The first kappa shape index (κ1) is 12.0. The highest BCUT2D eigenvalue weighted by Gasteiger charge is 2.63. The van der Waals surface area contributed by atoms with Gasteiger partial charge in [-0.2, -0.15) is 5.26 Å². The second kappa shape index (κ2) is 4.55. The van der Waals surface area contributed by atoms with Gasteiger partial charge in [-0.3, -0.25) is 0 Å². The van der Waals surface area contributed by atoms with E-state index in [0.29, 0.717) is 18.3 Å². The van der Waals surface area contributed by atoms with E-state index in [0.717, 1.165) is 0 Å². The Morgan fingerprint density at radius 1 is 0.947 bits per heavy atom. The molecular formula is C18H17N. The normalized spacial score (nSPS) is 23.6. The van der Waals surface area contributed by atoms with E-state index in [9.17, 15) is 0 Å². The molecule has 1 fully saturated rings. The molecule has 0 aromatic heterocycles. The number of hydrogen-bond donors (Lipinski definition) is 0. The first-order valence-corrected chi connectivity index (χ1v) is 6.79. The molecule has 0 radical (unpaired) electrons. The molecule has 19 heavy (non-hydrogen) atoms. The molecule has 0 spiro atoms. The van der Waals surface area contributed by atoms with E-state index >= 15 is 0 Å². The number of benzene rings is 2. The molecule has 0 unspecified atom stereocenters. The first-order valence-electron chi connectivity index (χ1n) is 6.79. The maximum atomic E-state index is 9.07. The average Bonchev–Trinajstić information content (AvgIpc) is 3.07. The van der Waals surface area contributed by atoms with Crippen LogP contribution in [0.4, 0.5) is 0 Å². The molecule has 0 N–H and O–H groups in total. The standard InChI is InChI=1S/C18H17N/c1-14-17(12-13-19)18(14,15-8-4-2-5-9-15)16-10-6-3-7-11-16/h2-11,14,17H,12H2,1H3/t14-,17+/m0/s1. The van der Waals surface area contributed by atoms with Gasteiger partial charge in [-0.15, -0.1) is 0 Å². The van der Waals surface area contributed by atoms with Crippen LogP contribution in [-0.4, -0.2) is 0 Å². The summed E-state index contributed by atoms with van der Waals surface area (Å²) in [5, 5.41) is 9.07. The number of nitriles is 1. The van der Waals surface area contributed by atoms with Gasteiger partial charge < -0.3 is 0 Å². The minimum atomic E-state index is 0.0399. The van der Waals surface area contributed by atoms with Crippen LogP contribution in [0.1, 0.15) is 24.5 Å². The highest BCUT2D eigenvalue weighted by molar-refractivity contribution is 5.49. The molecule has 1 nitrogen and oxygen atoms in total. The molecule has 1 saturated carbocycles. The fourth-order valence-electron chi connectivity index (χ4n) is 3.63. The topological polar surface area (TPSA) is 23.8 Å². The second-order valence-corrected chi connectivity index (χ2v) is 5.36. The van der Waals surface area contributed by atoms with E-state index in [1.54, 1.807) is 0 Å². The lowest BCUT2D eigenvalue weighted by Gasteiger charge is -2.19. The quantitative estimate of drug-likeness (QED) is 0.799. The predicted octanol–water partition coefficient (Wildman–Crippen LogP) is 4.15. The molecule has 0 heterocycles. The van der Waals surface area contributed by atoms with Gasteiger partial charge in [-0.25, -0.2) is 0 Å². The lowest BCUT2D eigenvalue weighted by molar-refractivity contribution is 0.708. The predicted molar refractivity (Wildman–Crippen MR) is 76.5 cm³/mol. The Kier molecular flexibility index (Phi) is 2.87. The zero-order chi connectivity index (χ0) is 13.3. The van der Waals surface area contributed by atoms with Crippen molar-refractivity contribution in [3.05, 3.63) is 71.8 Å². The summed E-state index contributed by atoms with van der Waals surface area (Å²) in [6, 6.07) is 23.6. The number of rotatable bonds is 3. The van der Waals surface area contributed by atoms with Crippen LogP contribution in [0, 0.1) is 23.2 Å². The van der Waals surface area contributed by atoms with Crippen molar-refractivity contribution in [3.8, 4) is 6.07 Å². The van der Waals surface area contributed by atoms with Crippen LogP contribution in [-0.2, 0) is 5.41 Å². The summed E-state index contributed by atoms with van der Waals surface area (Å²) < 4.78 is 0. The van der Waals surface area contributed by atoms with Crippen molar-refractivity contribution in [2.75, 3.05) is 0 Å². The fourth-order valence-corrected chi connectivity index (χ4v) is 3.63. The Balaban J connectivity index is 2.12. The third-order valence-corrected chi connectivity index (χ3v) is 4.61.